The fraction of sp³-hybridized carbons (Fsp3) is 0.533. The van der Waals surface area contributed by atoms with Crippen molar-refractivity contribution >= 4 is 5.91 Å². The number of benzene rings is 1. The van der Waals surface area contributed by atoms with Crippen LogP contribution < -0.4 is 10.6 Å². The van der Waals surface area contributed by atoms with E-state index in [4.69, 9.17) is 0 Å². The highest BCUT2D eigenvalue weighted by Crippen LogP contribution is 2.24. The Hall–Kier alpha value is -1.75. The van der Waals surface area contributed by atoms with Gasteiger partial charge in [-0.15, -0.1) is 0 Å². The molecule has 0 bridgehead atoms. The topological polar surface area (TPSA) is 81.6 Å². The summed E-state index contributed by atoms with van der Waals surface area (Å²) >= 11 is 0. The summed E-state index contributed by atoms with van der Waals surface area (Å²) in [6, 6.07) is 5.12. The molecule has 1 heterocycles. The summed E-state index contributed by atoms with van der Waals surface area (Å²) in [6.45, 7) is 3.53. The van der Waals surface area contributed by atoms with E-state index in [9.17, 15) is 15.0 Å². The minimum absolute atomic E-state index is 0.0967. The number of hydrogen-bond acceptors (Lipinski definition) is 4. The number of carbonyl (C=O) groups excluding carboxylic acids is 1. The van der Waals surface area contributed by atoms with E-state index in [0.29, 0.717) is 19.0 Å². The molecule has 2 rings (SSSR count). The van der Waals surface area contributed by atoms with Crippen molar-refractivity contribution in [2.24, 2.45) is 5.92 Å². The number of phenols is 2. The summed E-state index contributed by atoms with van der Waals surface area (Å²) in [5.74, 6) is -0.0386. The highest BCUT2D eigenvalue weighted by atomic mass is 16.3. The molecule has 4 N–H and O–H groups in total. The zero-order valence-corrected chi connectivity index (χ0v) is 11.7. The number of aromatic hydroxyl groups is 2. The Kier molecular flexibility index (Phi) is 4.84. The van der Waals surface area contributed by atoms with Crippen LogP contribution in [0.3, 0.4) is 0 Å². The molecule has 1 aromatic rings. The molecule has 110 valence electrons. The molecule has 5 heteroatoms. The van der Waals surface area contributed by atoms with Crippen LogP contribution in [0.5, 0.6) is 11.5 Å². The molecule has 0 saturated carbocycles. The Bertz CT molecular complexity index is 476. The molecule has 5 nitrogen and oxygen atoms in total. The molecule has 1 fully saturated rings. The SMILES string of the molecule is C[C@H]1C[C@@H](C(=O)NCCc2ccc(O)c(O)c2)CCN1. The molecule has 0 spiro atoms. The molecule has 1 aliphatic heterocycles. The van der Waals surface area contributed by atoms with E-state index in [2.05, 4.69) is 17.6 Å². The van der Waals surface area contributed by atoms with Crippen molar-refractivity contribution in [1.82, 2.24) is 10.6 Å². The molecular weight excluding hydrogens is 256 g/mol. The van der Waals surface area contributed by atoms with E-state index in [1.807, 2.05) is 0 Å². The van der Waals surface area contributed by atoms with Crippen molar-refractivity contribution < 1.29 is 15.0 Å². The number of carbonyl (C=O) groups is 1. The zero-order valence-electron chi connectivity index (χ0n) is 11.7. The van der Waals surface area contributed by atoms with E-state index in [1.165, 1.54) is 12.1 Å². The van der Waals surface area contributed by atoms with Gasteiger partial charge in [-0.1, -0.05) is 6.07 Å². The first kappa shape index (κ1) is 14.7. The van der Waals surface area contributed by atoms with Crippen LogP contribution in [0.4, 0.5) is 0 Å². The number of amides is 1. The molecule has 1 saturated heterocycles. The Morgan fingerprint density at radius 2 is 2.20 bits per heavy atom. The van der Waals surface area contributed by atoms with E-state index < -0.39 is 0 Å². The molecule has 1 amide bonds. The maximum Gasteiger partial charge on any atom is 0.223 e. The van der Waals surface area contributed by atoms with Crippen LogP contribution in [0.15, 0.2) is 18.2 Å². The second kappa shape index (κ2) is 6.61. The van der Waals surface area contributed by atoms with Gasteiger partial charge in [0, 0.05) is 18.5 Å². The third-order valence-corrected chi connectivity index (χ3v) is 3.75. The third kappa shape index (κ3) is 3.87. The minimum Gasteiger partial charge on any atom is -0.504 e. The molecule has 1 aliphatic rings. The van der Waals surface area contributed by atoms with Crippen LogP contribution in [-0.4, -0.2) is 35.3 Å². The summed E-state index contributed by atoms with van der Waals surface area (Å²) in [6.07, 6.45) is 2.40. The normalized spacial score (nSPS) is 22.4. The van der Waals surface area contributed by atoms with Crippen LogP contribution in [-0.2, 0) is 11.2 Å². The van der Waals surface area contributed by atoms with Crippen molar-refractivity contribution in [3.8, 4) is 11.5 Å². The first-order valence-electron chi connectivity index (χ1n) is 7.08. The van der Waals surface area contributed by atoms with Crippen LogP contribution >= 0.6 is 0 Å². The molecule has 0 unspecified atom stereocenters. The van der Waals surface area contributed by atoms with Crippen LogP contribution in [0.1, 0.15) is 25.3 Å². The lowest BCUT2D eigenvalue weighted by Crippen LogP contribution is -2.42. The van der Waals surface area contributed by atoms with Gasteiger partial charge in [0.15, 0.2) is 11.5 Å². The average Bonchev–Trinajstić information content (AvgIpc) is 2.42. The van der Waals surface area contributed by atoms with Gasteiger partial charge in [-0.3, -0.25) is 4.79 Å². The lowest BCUT2D eigenvalue weighted by molar-refractivity contribution is -0.126. The quantitative estimate of drug-likeness (QED) is 0.623. The van der Waals surface area contributed by atoms with Crippen molar-refractivity contribution in [2.45, 2.75) is 32.2 Å². The fourth-order valence-corrected chi connectivity index (χ4v) is 2.57. The van der Waals surface area contributed by atoms with E-state index >= 15 is 0 Å². The molecule has 1 aromatic carbocycles. The lowest BCUT2D eigenvalue weighted by Gasteiger charge is -2.27. The molecule has 0 radical (unpaired) electrons. The van der Waals surface area contributed by atoms with Crippen LogP contribution in [0.25, 0.3) is 0 Å². The van der Waals surface area contributed by atoms with Crippen molar-refractivity contribution in [3.05, 3.63) is 23.8 Å². The second-order valence-electron chi connectivity index (χ2n) is 5.44. The van der Waals surface area contributed by atoms with Gasteiger partial charge in [0.05, 0.1) is 0 Å². The summed E-state index contributed by atoms with van der Waals surface area (Å²) in [5, 5.41) is 24.9. The van der Waals surface area contributed by atoms with Gasteiger partial charge in [0.2, 0.25) is 5.91 Å². The summed E-state index contributed by atoms with van der Waals surface area (Å²) in [5.41, 5.74) is 0.888. The first-order chi connectivity index (χ1) is 9.56. The Balaban J connectivity index is 1.77. The predicted molar refractivity (Wildman–Crippen MR) is 76.7 cm³/mol. The maximum atomic E-state index is 12.0. The van der Waals surface area contributed by atoms with Gasteiger partial charge in [-0.2, -0.15) is 0 Å². The van der Waals surface area contributed by atoms with Crippen molar-refractivity contribution in [2.75, 3.05) is 13.1 Å². The molecule has 0 aromatic heterocycles. The van der Waals surface area contributed by atoms with E-state index in [-0.39, 0.29) is 23.3 Å². The summed E-state index contributed by atoms with van der Waals surface area (Å²) in [7, 11) is 0. The monoisotopic (exact) mass is 278 g/mol. The highest BCUT2D eigenvalue weighted by molar-refractivity contribution is 5.78. The highest BCUT2D eigenvalue weighted by Gasteiger charge is 2.24. The van der Waals surface area contributed by atoms with E-state index in [1.54, 1.807) is 6.07 Å². The molecular formula is C15H22N2O3. The first-order valence-corrected chi connectivity index (χ1v) is 7.08. The van der Waals surface area contributed by atoms with Gasteiger partial charge in [0.1, 0.15) is 0 Å². The van der Waals surface area contributed by atoms with Gasteiger partial charge < -0.3 is 20.8 Å². The summed E-state index contributed by atoms with van der Waals surface area (Å²) in [4.78, 5) is 12.0. The Labute approximate surface area is 119 Å². The predicted octanol–water partition coefficient (Wildman–Crippen LogP) is 1.14. The number of hydrogen-bond donors (Lipinski definition) is 4. The lowest BCUT2D eigenvalue weighted by atomic mass is 9.92. The van der Waals surface area contributed by atoms with Gasteiger partial charge >= 0.3 is 0 Å². The van der Waals surface area contributed by atoms with Crippen molar-refractivity contribution in [1.29, 1.82) is 0 Å². The molecule has 2 atom stereocenters. The molecule has 0 aliphatic carbocycles. The average molecular weight is 278 g/mol. The Morgan fingerprint density at radius 1 is 1.40 bits per heavy atom. The number of nitrogens with one attached hydrogen (secondary N) is 2. The standard InChI is InChI=1S/C15H22N2O3/c1-10-8-12(5-7-16-10)15(20)17-6-4-11-2-3-13(18)14(19)9-11/h2-3,9-10,12,16,18-19H,4-8H2,1H3,(H,17,20)/t10-,12-/m0/s1. The number of piperidine rings is 1. The number of phenolic OH excluding ortho intramolecular Hbond substituents is 2. The number of rotatable bonds is 4. The van der Waals surface area contributed by atoms with E-state index in [0.717, 1.165) is 24.9 Å². The maximum absolute atomic E-state index is 12.0. The van der Waals surface area contributed by atoms with Gasteiger partial charge in [0.25, 0.3) is 0 Å². The van der Waals surface area contributed by atoms with Crippen LogP contribution in [0.2, 0.25) is 0 Å². The third-order valence-electron chi connectivity index (χ3n) is 3.75. The summed E-state index contributed by atoms with van der Waals surface area (Å²) < 4.78 is 0. The van der Waals surface area contributed by atoms with Gasteiger partial charge in [-0.25, -0.2) is 0 Å². The van der Waals surface area contributed by atoms with Crippen LogP contribution in [0, 0.1) is 5.92 Å². The smallest absolute Gasteiger partial charge is 0.223 e. The molecule has 20 heavy (non-hydrogen) atoms. The van der Waals surface area contributed by atoms with Gasteiger partial charge in [-0.05, 0) is 50.4 Å². The zero-order chi connectivity index (χ0) is 14.5. The minimum atomic E-state index is -0.124. The van der Waals surface area contributed by atoms with Crippen molar-refractivity contribution in [3.63, 3.8) is 0 Å². The second-order valence-corrected chi connectivity index (χ2v) is 5.44. The largest absolute Gasteiger partial charge is 0.504 e. The fourth-order valence-electron chi connectivity index (χ4n) is 2.57. The Morgan fingerprint density at radius 3 is 2.90 bits per heavy atom.